The number of cyclic esters (lactones) is 2. The summed E-state index contributed by atoms with van der Waals surface area (Å²) < 4.78 is 11.7. The van der Waals surface area contributed by atoms with Gasteiger partial charge < -0.3 is 9.47 Å². The van der Waals surface area contributed by atoms with E-state index in [0.29, 0.717) is 19.3 Å². The summed E-state index contributed by atoms with van der Waals surface area (Å²) in [6.45, 7) is 5.38. The van der Waals surface area contributed by atoms with Crippen LogP contribution in [0, 0.1) is 0 Å². The molecule has 0 amide bonds. The third-order valence-electron chi connectivity index (χ3n) is 3.97. The molecule has 0 radical (unpaired) electrons. The van der Waals surface area contributed by atoms with Gasteiger partial charge >= 0.3 is 11.9 Å². The lowest BCUT2D eigenvalue weighted by Crippen LogP contribution is -2.19. The van der Waals surface area contributed by atoms with Crippen molar-refractivity contribution in [2.75, 3.05) is 0 Å². The quantitative estimate of drug-likeness (QED) is 0.455. The van der Waals surface area contributed by atoms with Gasteiger partial charge in [-0.2, -0.15) is 0 Å². The number of halogens is 1. The highest BCUT2D eigenvalue weighted by atomic mass is 79.9. The molecule has 0 aromatic carbocycles. The molecule has 0 spiro atoms. The van der Waals surface area contributed by atoms with Crippen molar-refractivity contribution in [3.63, 3.8) is 0 Å². The second-order valence-corrected chi connectivity index (χ2v) is 9.07. The summed E-state index contributed by atoms with van der Waals surface area (Å²) in [7, 11) is 0. The minimum atomic E-state index is -0.547. The van der Waals surface area contributed by atoms with Gasteiger partial charge in [0, 0.05) is 30.7 Å². The molecule has 152 valence electrons. The standard InChI is InChI=1S/C20H24BrNO5S/c1-12-6-14(3)26-20(25)9-16(23)5-4-15-11-28-18(22-15)10-17(8-13(2)21)27-19(24)7-12/h7-8,11,14,17H,4-6,9-10H2,1-3H3/b12-7+,13-8+/t14-,17+/m0/s1. The maximum Gasteiger partial charge on any atom is 0.331 e. The van der Waals surface area contributed by atoms with Gasteiger partial charge in [0.1, 0.15) is 24.4 Å². The van der Waals surface area contributed by atoms with E-state index in [2.05, 4.69) is 20.9 Å². The molecule has 0 aliphatic carbocycles. The predicted octanol–water partition coefficient (Wildman–Crippen LogP) is 4.07. The Hall–Kier alpha value is -1.80. The van der Waals surface area contributed by atoms with Crippen molar-refractivity contribution in [3.05, 3.63) is 38.3 Å². The Morgan fingerprint density at radius 3 is 2.71 bits per heavy atom. The van der Waals surface area contributed by atoms with Crippen LogP contribution in [0.25, 0.3) is 0 Å². The molecule has 2 heterocycles. The zero-order valence-electron chi connectivity index (χ0n) is 16.2. The average molecular weight is 470 g/mol. The number of carbonyl (C=O) groups excluding carboxylic acids is 3. The number of carbonyl (C=O) groups is 3. The van der Waals surface area contributed by atoms with Crippen molar-refractivity contribution in [1.82, 2.24) is 4.98 Å². The number of fused-ring (bicyclic) bond motifs is 2. The maximum absolute atomic E-state index is 12.3. The summed E-state index contributed by atoms with van der Waals surface area (Å²) in [5, 5.41) is 2.71. The van der Waals surface area contributed by atoms with E-state index in [1.165, 1.54) is 17.4 Å². The van der Waals surface area contributed by atoms with Crippen molar-refractivity contribution in [1.29, 1.82) is 0 Å². The molecule has 0 unspecified atom stereocenters. The van der Waals surface area contributed by atoms with Crippen LogP contribution in [-0.4, -0.2) is 34.9 Å². The van der Waals surface area contributed by atoms with Crippen LogP contribution in [0.1, 0.15) is 50.7 Å². The Labute approximate surface area is 177 Å². The van der Waals surface area contributed by atoms with Gasteiger partial charge in [-0.3, -0.25) is 9.59 Å². The molecular formula is C20H24BrNO5S. The van der Waals surface area contributed by atoms with Gasteiger partial charge in [-0.15, -0.1) is 11.3 Å². The van der Waals surface area contributed by atoms with Gasteiger partial charge in [0.2, 0.25) is 0 Å². The third-order valence-corrected chi connectivity index (χ3v) is 5.15. The lowest BCUT2D eigenvalue weighted by molar-refractivity contribution is -0.150. The lowest BCUT2D eigenvalue weighted by atomic mass is 10.1. The van der Waals surface area contributed by atoms with Crippen molar-refractivity contribution in [3.8, 4) is 0 Å². The molecule has 0 saturated carbocycles. The zero-order valence-corrected chi connectivity index (χ0v) is 18.6. The fourth-order valence-electron chi connectivity index (χ4n) is 2.84. The summed E-state index contributed by atoms with van der Waals surface area (Å²) >= 11 is 4.84. The number of nitrogens with zero attached hydrogens (tertiary/aromatic N) is 1. The Kier molecular flexibility index (Phi) is 8.57. The van der Waals surface area contributed by atoms with Crippen LogP contribution in [0.5, 0.6) is 0 Å². The summed E-state index contributed by atoms with van der Waals surface area (Å²) in [4.78, 5) is 40.8. The number of hydrogen-bond donors (Lipinski definition) is 0. The number of hydrogen-bond acceptors (Lipinski definition) is 7. The zero-order chi connectivity index (χ0) is 20.7. The summed E-state index contributed by atoms with van der Waals surface area (Å²) in [5.74, 6) is -1.17. The fraction of sp³-hybridized carbons (Fsp3) is 0.500. The van der Waals surface area contributed by atoms with Gasteiger partial charge in [-0.25, -0.2) is 9.78 Å². The number of ketones is 1. The number of rotatable bonds is 1. The molecule has 6 nitrogen and oxygen atoms in total. The Balaban J connectivity index is 2.24. The van der Waals surface area contributed by atoms with Crippen LogP contribution < -0.4 is 0 Å². The van der Waals surface area contributed by atoms with Crippen LogP contribution >= 0.6 is 27.3 Å². The van der Waals surface area contributed by atoms with E-state index in [9.17, 15) is 14.4 Å². The number of allylic oxidation sites excluding steroid dienone is 1. The molecule has 0 fully saturated rings. The van der Waals surface area contributed by atoms with E-state index < -0.39 is 24.1 Å². The second-order valence-electron chi connectivity index (χ2n) is 6.88. The van der Waals surface area contributed by atoms with Crippen LogP contribution in [0.3, 0.4) is 0 Å². The van der Waals surface area contributed by atoms with Gasteiger partial charge in [0.25, 0.3) is 0 Å². The topological polar surface area (TPSA) is 82.6 Å². The molecule has 2 bridgehead atoms. The molecule has 0 N–H and O–H groups in total. The van der Waals surface area contributed by atoms with Crippen LogP contribution in [0.15, 0.2) is 27.6 Å². The Morgan fingerprint density at radius 1 is 1.25 bits per heavy atom. The number of ether oxygens (including phenoxy) is 2. The van der Waals surface area contributed by atoms with E-state index in [1.54, 1.807) is 13.8 Å². The fourth-order valence-corrected chi connectivity index (χ4v) is 4.01. The molecule has 1 aromatic heterocycles. The van der Waals surface area contributed by atoms with E-state index in [0.717, 1.165) is 20.8 Å². The van der Waals surface area contributed by atoms with E-state index >= 15 is 0 Å². The number of aromatic nitrogens is 1. The Morgan fingerprint density at radius 2 is 2.00 bits per heavy atom. The smallest absolute Gasteiger partial charge is 0.331 e. The van der Waals surface area contributed by atoms with Gasteiger partial charge in [0.15, 0.2) is 0 Å². The molecule has 2 atom stereocenters. The summed E-state index contributed by atoms with van der Waals surface area (Å²) in [5.41, 5.74) is 1.52. The second kappa shape index (κ2) is 10.7. The summed E-state index contributed by atoms with van der Waals surface area (Å²) in [6.07, 6.45) is 3.66. The first-order valence-corrected chi connectivity index (χ1v) is 10.7. The minimum Gasteiger partial charge on any atom is -0.462 e. The molecule has 1 aromatic rings. The van der Waals surface area contributed by atoms with Crippen molar-refractivity contribution in [2.45, 2.75) is 65.1 Å². The predicted molar refractivity (Wildman–Crippen MR) is 110 cm³/mol. The van der Waals surface area contributed by atoms with Crippen LogP contribution in [-0.2, 0) is 36.7 Å². The van der Waals surface area contributed by atoms with E-state index in [1.807, 2.05) is 18.4 Å². The van der Waals surface area contributed by atoms with Crippen molar-refractivity contribution < 1.29 is 23.9 Å². The average Bonchev–Trinajstić information content (AvgIpc) is 2.98. The highest BCUT2D eigenvalue weighted by Crippen LogP contribution is 2.18. The SMILES string of the molecule is C/C(Br)=C\[C@@H]1Cc2nc(cs2)CCC(=O)CC(=O)O[C@@H](C)C/C(C)=C/C(=O)O1. The highest BCUT2D eigenvalue weighted by molar-refractivity contribution is 9.11. The molecular weight excluding hydrogens is 446 g/mol. The molecule has 1 aliphatic heterocycles. The minimum absolute atomic E-state index is 0.169. The number of Topliss-reactive ketones (excluding diaryl/α,β-unsaturated/α-hetero) is 1. The molecule has 8 heteroatoms. The first-order valence-electron chi connectivity index (χ1n) is 9.07. The molecule has 28 heavy (non-hydrogen) atoms. The number of aryl methyl sites for hydroxylation is 1. The molecule has 0 saturated heterocycles. The van der Waals surface area contributed by atoms with Gasteiger partial charge in [0.05, 0.1) is 10.7 Å². The number of thiazole rings is 1. The first-order chi connectivity index (χ1) is 13.2. The first kappa shape index (κ1) is 22.5. The van der Waals surface area contributed by atoms with Gasteiger partial charge in [-0.1, -0.05) is 21.5 Å². The van der Waals surface area contributed by atoms with E-state index in [4.69, 9.17) is 9.47 Å². The number of esters is 2. The van der Waals surface area contributed by atoms with Crippen molar-refractivity contribution >= 4 is 45.0 Å². The Bertz CT molecular complexity index is 794. The molecule has 2 rings (SSSR count). The normalized spacial score (nSPS) is 25.4. The monoisotopic (exact) mass is 469 g/mol. The van der Waals surface area contributed by atoms with Crippen LogP contribution in [0.2, 0.25) is 0 Å². The third kappa shape index (κ3) is 8.06. The summed E-state index contributed by atoms with van der Waals surface area (Å²) in [6, 6.07) is 0. The van der Waals surface area contributed by atoms with Gasteiger partial charge in [-0.05, 0) is 37.8 Å². The highest BCUT2D eigenvalue weighted by Gasteiger charge is 2.18. The largest absolute Gasteiger partial charge is 0.462 e. The maximum atomic E-state index is 12.3. The lowest BCUT2D eigenvalue weighted by Gasteiger charge is -2.14. The molecule has 1 aliphatic rings. The van der Waals surface area contributed by atoms with E-state index in [-0.39, 0.29) is 18.6 Å². The van der Waals surface area contributed by atoms with Crippen molar-refractivity contribution in [2.24, 2.45) is 0 Å². The van der Waals surface area contributed by atoms with Crippen LogP contribution in [0.4, 0.5) is 0 Å².